The molecule has 15 heavy (non-hydrogen) atoms. The minimum absolute atomic E-state index is 0.0334. The molecule has 0 unspecified atom stereocenters. The van der Waals surface area contributed by atoms with Crippen LogP contribution >= 0.6 is 0 Å². The normalized spacial score (nSPS) is 9.87. The van der Waals surface area contributed by atoms with E-state index in [1.54, 1.807) is 18.3 Å². The third-order valence-corrected chi connectivity index (χ3v) is 1.65. The predicted molar refractivity (Wildman–Crippen MR) is 47.7 cm³/mol. The lowest BCUT2D eigenvalue weighted by Gasteiger charge is -2.00. The summed E-state index contributed by atoms with van der Waals surface area (Å²) in [4.78, 5) is 15.3. The quantitative estimate of drug-likeness (QED) is 0.695. The molecule has 0 radical (unpaired) electrons. The van der Waals surface area contributed by atoms with Crippen LogP contribution in [0.1, 0.15) is 10.5 Å². The lowest BCUT2D eigenvalue weighted by molar-refractivity contribution is -0.803. The van der Waals surface area contributed by atoms with Crippen LogP contribution in [0.3, 0.4) is 0 Å². The van der Waals surface area contributed by atoms with Gasteiger partial charge in [-0.2, -0.15) is 0 Å². The van der Waals surface area contributed by atoms with Gasteiger partial charge in [0.05, 0.1) is 11.9 Å². The second-order valence-corrected chi connectivity index (χ2v) is 2.65. The van der Waals surface area contributed by atoms with Crippen molar-refractivity contribution in [2.45, 2.75) is 0 Å². The number of nitrogens with one attached hydrogen (secondary N) is 1. The average molecular weight is 206 g/mol. The van der Waals surface area contributed by atoms with Gasteiger partial charge >= 0.3 is 5.91 Å². The summed E-state index contributed by atoms with van der Waals surface area (Å²) in [6.07, 6.45) is 4.07. The summed E-state index contributed by atoms with van der Waals surface area (Å²) in [6, 6.07) is 3.31. The molecule has 2 aromatic rings. The minimum atomic E-state index is -0.598. The minimum Gasteiger partial charge on any atom is -0.359 e. The van der Waals surface area contributed by atoms with Crippen LogP contribution in [0.15, 0.2) is 35.4 Å². The fraction of sp³-hybridized carbons (Fsp3) is 0. The van der Waals surface area contributed by atoms with Gasteiger partial charge in [-0.1, -0.05) is 0 Å². The molecule has 2 rings (SSSR count). The van der Waals surface area contributed by atoms with Crippen molar-refractivity contribution in [1.82, 2.24) is 10.1 Å². The number of aromatic nitrogens is 3. The summed E-state index contributed by atoms with van der Waals surface area (Å²) in [6.45, 7) is 0. The van der Waals surface area contributed by atoms with E-state index in [0.29, 0.717) is 5.69 Å². The van der Waals surface area contributed by atoms with Gasteiger partial charge in [0, 0.05) is 11.4 Å². The molecule has 76 valence electrons. The monoisotopic (exact) mass is 206 g/mol. The Bertz CT molecular complexity index is 468. The Morgan fingerprint density at radius 3 is 3.00 bits per heavy atom. The maximum atomic E-state index is 11.4. The van der Waals surface area contributed by atoms with E-state index in [-0.39, 0.29) is 10.6 Å². The summed E-state index contributed by atoms with van der Waals surface area (Å²) < 4.78 is 4.16. The van der Waals surface area contributed by atoms with Crippen LogP contribution in [-0.2, 0) is 0 Å². The molecule has 7 heteroatoms. The molecule has 0 saturated carbocycles. The van der Waals surface area contributed by atoms with Crippen molar-refractivity contribution in [3.8, 4) is 0 Å². The van der Waals surface area contributed by atoms with Crippen molar-refractivity contribution in [1.29, 1.82) is 0 Å². The van der Waals surface area contributed by atoms with Gasteiger partial charge in [0.15, 0.2) is 0 Å². The molecule has 0 spiro atoms. The van der Waals surface area contributed by atoms with Crippen molar-refractivity contribution < 1.29 is 14.3 Å². The molecule has 7 nitrogen and oxygen atoms in total. The Labute approximate surface area is 83.9 Å². The van der Waals surface area contributed by atoms with Crippen molar-refractivity contribution in [2.75, 3.05) is 5.32 Å². The first kappa shape index (κ1) is 9.13. The Hall–Kier alpha value is -2.44. The Kier molecular flexibility index (Phi) is 2.28. The molecule has 0 aliphatic rings. The van der Waals surface area contributed by atoms with Gasteiger partial charge in [0.2, 0.25) is 6.20 Å². The maximum Gasteiger partial charge on any atom is 0.303 e. The van der Waals surface area contributed by atoms with Crippen LogP contribution in [0.2, 0.25) is 0 Å². The van der Waals surface area contributed by atoms with Gasteiger partial charge in [-0.25, -0.2) is 0 Å². The molecular formula is C8H6N4O3. The third-order valence-electron chi connectivity index (χ3n) is 1.65. The highest BCUT2D eigenvalue weighted by atomic mass is 16.8. The van der Waals surface area contributed by atoms with E-state index >= 15 is 0 Å². The number of carbonyl (C=O) groups excluding carboxylic acids is 1. The standard InChI is InChI=1S/C8H6N4O3/c13-8(7-5-10-15-12(7)14)11-6-2-1-3-9-4-6/h1-5H,(H,11,13). The van der Waals surface area contributed by atoms with Crippen LogP contribution in [-0.4, -0.2) is 16.0 Å². The second kappa shape index (κ2) is 3.74. The van der Waals surface area contributed by atoms with Gasteiger partial charge in [0.25, 0.3) is 5.69 Å². The second-order valence-electron chi connectivity index (χ2n) is 2.65. The van der Waals surface area contributed by atoms with Crippen LogP contribution in [0.5, 0.6) is 0 Å². The molecule has 0 bridgehead atoms. The first-order chi connectivity index (χ1) is 7.27. The predicted octanol–water partition coefficient (Wildman–Crippen LogP) is -0.0447. The lowest BCUT2D eigenvalue weighted by Crippen LogP contribution is -2.33. The van der Waals surface area contributed by atoms with Gasteiger partial charge < -0.3 is 10.5 Å². The van der Waals surface area contributed by atoms with Gasteiger partial charge in [-0.15, -0.1) is 0 Å². The highest BCUT2D eigenvalue weighted by Gasteiger charge is 2.17. The van der Waals surface area contributed by atoms with Gasteiger partial charge in [-0.3, -0.25) is 14.4 Å². The molecular weight excluding hydrogens is 200 g/mol. The lowest BCUT2D eigenvalue weighted by atomic mass is 10.4. The van der Waals surface area contributed by atoms with Crippen LogP contribution < -0.4 is 10.2 Å². The van der Waals surface area contributed by atoms with E-state index in [9.17, 15) is 10.0 Å². The zero-order chi connectivity index (χ0) is 10.7. The molecule has 0 saturated heterocycles. The van der Waals surface area contributed by atoms with E-state index < -0.39 is 5.91 Å². The fourth-order valence-electron chi connectivity index (χ4n) is 0.981. The maximum absolute atomic E-state index is 11.4. The summed E-state index contributed by atoms with van der Waals surface area (Å²) in [5.74, 6) is -0.598. The van der Waals surface area contributed by atoms with Gasteiger partial charge in [0.1, 0.15) is 0 Å². The molecule has 1 N–H and O–H groups in total. The number of amides is 1. The SMILES string of the molecule is O=C(Nc1cccnc1)c1cno[n+]1[O-]. The topological polar surface area (TPSA) is 95.0 Å². The number of carbonyl (C=O) groups is 1. The van der Waals surface area contributed by atoms with E-state index in [1.165, 1.54) is 6.20 Å². The van der Waals surface area contributed by atoms with Crippen molar-refractivity contribution in [3.05, 3.63) is 41.6 Å². The molecule has 0 aliphatic heterocycles. The zero-order valence-corrected chi connectivity index (χ0v) is 7.45. The van der Waals surface area contributed by atoms with E-state index in [0.717, 1.165) is 6.20 Å². The average Bonchev–Trinajstić information content (AvgIpc) is 2.66. The first-order valence-corrected chi connectivity index (χ1v) is 4.03. The molecule has 1 amide bonds. The molecule has 2 aromatic heterocycles. The van der Waals surface area contributed by atoms with Crippen LogP contribution in [0.25, 0.3) is 0 Å². The first-order valence-electron chi connectivity index (χ1n) is 4.03. The summed E-state index contributed by atoms with van der Waals surface area (Å²) in [7, 11) is 0. The van der Waals surface area contributed by atoms with Crippen molar-refractivity contribution >= 4 is 11.6 Å². The van der Waals surface area contributed by atoms with E-state index in [2.05, 4.69) is 20.1 Å². The smallest absolute Gasteiger partial charge is 0.303 e. The molecule has 0 fully saturated rings. The number of nitrogens with zero attached hydrogens (tertiary/aromatic N) is 3. The Morgan fingerprint density at radius 1 is 1.53 bits per heavy atom. The van der Waals surface area contributed by atoms with E-state index in [4.69, 9.17) is 0 Å². The number of rotatable bonds is 2. The highest BCUT2D eigenvalue weighted by molar-refractivity contribution is 6.01. The number of hydrogen-bond acceptors (Lipinski definition) is 5. The van der Waals surface area contributed by atoms with Gasteiger partial charge in [-0.05, 0) is 17.0 Å². The van der Waals surface area contributed by atoms with Crippen LogP contribution in [0, 0.1) is 5.21 Å². The number of pyridine rings is 1. The number of hydrogen-bond donors (Lipinski definition) is 1. The van der Waals surface area contributed by atoms with Crippen molar-refractivity contribution in [2.24, 2.45) is 0 Å². The zero-order valence-electron chi connectivity index (χ0n) is 7.45. The van der Waals surface area contributed by atoms with Crippen molar-refractivity contribution in [3.63, 3.8) is 0 Å². The molecule has 0 atom stereocenters. The summed E-state index contributed by atoms with van der Waals surface area (Å²) >= 11 is 0. The van der Waals surface area contributed by atoms with E-state index in [1.807, 2.05) is 0 Å². The summed E-state index contributed by atoms with van der Waals surface area (Å²) in [5, 5.41) is 16.5. The molecule has 0 aliphatic carbocycles. The largest absolute Gasteiger partial charge is 0.359 e. The Morgan fingerprint density at radius 2 is 2.40 bits per heavy atom. The summed E-state index contributed by atoms with van der Waals surface area (Å²) in [5.41, 5.74) is 0.280. The third kappa shape index (κ3) is 1.90. The van der Waals surface area contributed by atoms with Crippen LogP contribution in [0.4, 0.5) is 5.69 Å². The highest BCUT2D eigenvalue weighted by Crippen LogP contribution is 2.04. The Balaban J connectivity index is 2.15. The number of anilines is 1. The molecule has 2 heterocycles. The fourth-order valence-corrected chi connectivity index (χ4v) is 0.981. The molecule has 0 aromatic carbocycles.